The van der Waals surface area contributed by atoms with Crippen molar-refractivity contribution in [2.24, 2.45) is 0 Å². The van der Waals surface area contributed by atoms with Crippen LogP contribution >= 0.6 is 0 Å². The van der Waals surface area contributed by atoms with E-state index in [1.165, 1.54) is 20.3 Å². The highest BCUT2D eigenvalue weighted by atomic mass is 32.2. The number of aromatic nitrogens is 2. The molecule has 0 saturated heterocycles. The zero-order valence-corrected chi connectivity index (χ0v) is 14.4. The molecule has 1 amide bonds. The van der Waals surface area contributed by atoms with Crippen molar-refractivity contribution in [3.8, 4) is 17.8 Å². The van der Waals surface area contributed by atoms with E-state index in [0.29, 0.717) is 5.69 Å². The molecule has 0 fully saturated rings. The minimum Gasteiger partial charge on any atom is -0.481 e. The summed E-state index contributed by atoms with van der Waals surface area (Å²) >= 11 is -2.27. The number of hydrogen-bond donors (Lipinski definition) is 2. The molecule has 2 aromatic rings. The van der Waals surface area contributed by atoms with Gasteiger partial charge >= 0.3 is 6.01 Å². The number of carbonyl (C=O) groups is 1. The first kappa shape index (κ1) is 18.6. The highest BCUT2D eigenvalue weighted by Gasteiger charge is 2.25. The van der Waals surface area contributed by atoms with Crippen molar-refractivity contribution in [3.05, 3.63) is 36.4 Å². The summed E-state index contributed by atoms with van der Waals surface area (Å²) in [7, 11) is 2.79. The van der Waals surface area contributed by atoms with Gasteiger partial charge in [-0.2, -0.15) is 9.97 Å². The van der Waals surface area contributed by atoms with Gasteiger partial charge < -0.3 is 24.1 Å². The maximum atomic E-state index is 12.4. The van der Waals surface area contributed by atoms with Crippen LogP contribution in [0.2, 0.25) is 0 Å². The Morgan fingerprint density at radius 2 is 1.80 bits per heavy atom. The normalized spacial score (nSPS) is 12.8. The van der Waals surface area contributed by atoms with Crippen molar-refractivity contribution in [3.63, 3.8) is 0 Å². The minimum atomic E-state index is -2.27. The molecule has 10 heteroatoms. The number of hydrogen-bond acceptors (Lipinski definition) is 7. The third-order valence-electron chi connectivity index (χ3n) is 2.95. The third-order valence-corrected chi connectivity index (χ3v) is 3.54. The van der Waals surface area contributed by atoms with Crippen LogP contribution in [0.1, 0.15) is 0 Å². The standard InChI is InChI=1S/C15H17N3O6S/c1-22-12-8-13(23-2)18-15(17-12)24-11(9-25(20)21)14(19)16-10-6-4-3-5-7-10/h3-8,11H,9H2,1-2H3,(H,16,19)(H,20,21). The SMILES string of the molecule is COc1cc(OC)nc(OC(CS(=O)O)C(=O)Nc2ccccc2)n1. The number of carbonyl (C=O) groups excluding carboxylic acids is 1. The number of para-hydroxylation sites is 1. The van der Waals surface area contributed by atoms with Gasteiger partial charge in [-0.3, -0.25) is 4.79 Å². The zero-order valence-electron chi connectivity index (χ0n) is 13.5. The van der Waals surface area contributed by atoms with Crippen LogP contribution in [0.3, 0.4) is 0 Å². The topological polar surface area (TPSA) is 120 Å². The fourth-order valence-corrected chi connectivity index (χ4v) is 2.29. The summed E-state index contributed by atoms with van der Waals surface area (Å²) < 4.78 is 35.7. The van der Waals surface area contributed by atoms with E-state index >= 15 is 0 Å². The van der Waals surface area contributed by atoms with Crippen molar-refractivity contribution in [1.29, 1.82) is 0 Å². The molecule has 0 aliphatic carbocycles. The Labute approximate surface area is 146 Å². The lowest BCUT2D eigenvalue weighted by Crippen LogP contribution is -2.37. The van der Waals surface area contributed by atoms with Crippen LogP contribution in [-0.4, -0.2) is 50.7 Å². The molecule has 0 spiro atoms. The van der Waals surface area contributed by atoms with Gasteiger partial charge in [0.2, 0.25) is 11.8 Å². The Kier molecular flexibility index (Phi) is 6.66. The molecule has 9 nitrogen and oxygen atoms in total. The molecule has 1 aromatic heterocycles. The van der Waals surface area contributed by atoms with Gasteiger partial charge in [0.05, 0.1) is 26.0 Å². The molecule has 0 aliphatic heterocycles. The molecule has 1 heterocycles. The summed E-state index contributed by atoms with van der Waals surface area (Å²) in [5.74, 6) is -0.746. The summed E-state index contributed by atoms with van der Waals surface area (Å²) in [6.07, 6.45) is -1.29. The van der Waals surface area contributed by atoms with E-state index in [1.807, 2.05) is 0 Å². The van der Waals surface area contributed by atoms with Gasteiger partial charge in [-0.1, -0.05) is 18.2 Å². The Bertz CT molecular complexity index is 721. The third kappa shape index (κ3) is 5.69. The number of ether oxygens (including phenoxy) is 3. The zero-order chi connectivity index (χ0) is 18.2. The molecular weight excluding hydrogens is 350 g/mol. The van der Waals surface area contributed by atoms with Crippen LogP contribution in [0.5, 0.6) is 17.8 Å². The maximum absolute atomic E-state index is 12.4. The number of methoxy groups -OCH3 is 2. The monoisotopic (exact) mass is 367 g/mol. The van der Waals surface area contributed by atoms with Crippen LogP contribution in [0.25, 0.3) is 0 Å². The van der Waals surface area contributed by atoms with Crippen molar-refractivity contribution < 1.29 is 27.8 Å². The van der Waals surface area contributed by atoms with E-state index in [2.05, 4.69) is 15.3 Å². The Morgan fingerprint density at radius 1 is 1.20 bits per heavy atom. The molecule has 0 aliphatic rings. The number of nitrogens with one attached hydrogen (secondary N) is 1. The smallest absolute Gasteiger partial charge is 0.323 e. The first-order chi connectivity index (χ1) is 12.0. The highest BCUT2D eigenvalue weighted by molar-refractivity contribution is 7.79. The van der Waals surface area contributed by atoms with Crippen LogP contribution in [0, 0.1) is 0 Å². The summed E-state index contributed by atoms with van der Waals surface area (Å²) in [6, 6.07) is 9.84. The Balaban J connectivity index is 2.19. The van der Waals surface area contributed by atoms with Crippen molar-refractivity contribution in [1.82, 2.24) is 9.97 Å². The van der Waals surface area contributed by atoms with E-state index in [-0.39, 0.29) is 17.8 Å². The van der Waals surface area contributed by atoms with Gasteiger partial charge in [-0.05, 0) is 12.1 Å². The maximum Gasteiger partial charge on any atom is 0.323 e. The van der Waals surface area contributed by atoms with Crippen LogP contribution in [0.15, 0.2) is 36.4 Å². The molecule has 1 aromatic carbocycles. The summed E-state index contributed by atoms with van der Waals surface area (Å²) in [5.41, 5.74) is 0.522. The number of rotatable bonds is 8. The second-order valence-corrected chi connectivity index (χ2v) is 5.66. The van der Waals surface area contributed by atoms with E-state index in [1.54, 1.807) is 30.3 Å². The lowest BCUT2D eigenvalue weighted by atomic mass is 10.3. The number of amides is 1. The Morgan fingerprint density at radius 3 is 2.32 bits per heavy atom. The first-order valence-corrected chi connectivity index (χ1v) is 8.36. The molecule has 134 valence electrons. The molecular formula is C15H17N3O6S. The van der Waals surface area contributed by atoms with Gasteiger partial charge in [0, 0.05) is 5.69 Å². The summed E-state index contributed by atoms with van der Waals surface area (Å²) in [6.45, 7) is 0. The molecule has 25 heavy (non-hydrogen) atoms. The fourth-order valence-electron chi connectivity index (χ4n) is 1.81. The van der Waals surface area contributed by atoms with Crippen molar-refractivity contribution in [2.45, 2.75) is 6.10 Å². The highest BCUT2D eigenvalue weighted by Crippen LogP contribution is 2.20. The van der Waals surface area contributed by atoms with Gasteiger partial charge in [-0.25, -0.2) is 4.21 Å². The van der Waals surface area contributed by atoms with Gasteiger partial charge in [-0.15, -0.1) is 0 Å². The molecule has 0 bridgehead atoms. The lowest BCUT2D eigenvalue weighted by Gasteiger charge is -2.16. The Hall–Kier alpha value is -2.72. The average Bonchev–Trinajstić information content (AvgIpc) is 2.61. The number of anilines is 1. The number of benzene rings is 1. The van der Waals surface area contributed by atoms with E-state index in [0.717, 1.165) is 0 Å². The predicted molar refractivity (Wildman–Crippen MR) is 90.3 cm³/mol. The van der Waals surface area contributed by atoms with E-state index < -0.39 is 28.8 Å². The molecule has 2 rings (SSSR count). The van der Waals surface area contributed by atoms with Crippen molar-refractivity contribution in [2.75, 3.05) is 25.3 Å². The fraction of sp³-hybridized carbons (Fsp3) is 0.267. The molecule has 2 unspecified atom stereocenters. The quantitative estimate of drug-likeness (QED) is 0.666. The predicted octanol–water partition coefficient (Wildman–Crippen LogP) is 1.10. The molecule has 2 N–H and O–H groups in total. The van der Waals surface area contributed by atoms with Crippen LogP contribution < -0.4 is 19.5 Å². The second kappa shape index (κ2) is 8.94. The van der Waals surface area contributed by atoms with Crippen LogP contribution in [0.4, 0.5) is 5.69 Å². The molecule has 2 atom stereocenters. The average molecular weight is 367 g/mol. The first-order valence-electron chi connectivity index (χ1n) is 7.09. The van der Waals surface area contributed by atoms with Gasteiger partial charge in [0.1, 0.15) is 0 Å². The summed E-state index contributed by atoms with van der Waals surface area (Å²) in [5, 5.41) is 2.60. The molecule has 0 saturated carbocycles. The van der Waals surface area contributed by atoms with Crippen molar-refractivity contribution >= 4 is 22.7 Å². The number of nitrogens with zero attached hydrogens (tertiary/aromatic N) is 2. The van der Waals surface area contributed by atoms with Gasteiger partial charge in [0.25, 0.3) is 5.91 Å². The van der Waals surface area contributed by atoms with Gasteiger partial charge in [0.15, 0.2) is 17.2 Å². The minimum absolute atomic E-state index is 0.161. The van der Waals surface area contributed by atoms with E-state index in [4.69, 9.17) is 18.8 Å². The molecule has 0 radical (unpaired) electrons. The second-order valence-electron chi connectivity index (χ2n) is 4.69. The summed E-state index contributed by atoms with van der Waals surface area (Å²) in [4.78, 5) is 20.2. The largest absolute Gasteiger partial charge is 0.481 e. The lowest BCUT2D eigenvalue weighted by molar-refractivity contribution is -0.122. The van der Waals surface area contributed by atoms with Crippen LogP contribution in [-0.2, 0) is 15.9 Å². The van der Waals surface area contributed by atoms with E-state index in [9.17, 15) is 9.00 Å².